The molecule has 0 spiro atoms. The lowest BCUT2D eigenvalue weighted by molar-refractivity contribution is 0.590. The van der Waals surface area contributed by atoms with E-state index in [-0.39, 0.29) is 0 Å². The van der Waals surface area contributed by atoms with Crippen LogP contribution in [-0.2, 0) is 6.42 Å². The van der Waals surface area contributed by atoms with Crippen molar-refractivity contribution in [2.75, 3.05) is 5.73 Å². The summed E-state index contributed by atoms with van der Waals surface area (Å²) in [5.41, 5.74) is 9.63. The maximum Gasteiger partial charge on any atom is 0.0317 e. The van der Waals surface area contributed by atoms with E-state index in [9.17, 15) is 0 Å². The van der Waals surface area contributed by atoms with Crippen LogP contribution in [0.1, 0.15) is 36.8 Å². The van der Waals surface area contributed by atoms with Gasteiger partial charge in [0.25, 0.3) is 0 Å². The van der Waals surface area contributed by atoms with Gasteiger partial charge in [-0.1, -0.05) is 13.0 Å². The molecule has 1 aromatic carbocycles. The number of nitrogen functional groups attached to an aromatic ring is 1. The second-order valence-electron chi connectivity index (χ2n) is 3.75. The van der Waals surface area contributed by atoms with Crippen molar-refractivity contribution in [3.8, 4) is 0 Å². The lowest BCUT2D eigenvalue weighted by atomic mass is 9.84. The van der Waals surface area contributed by atoms with Crippen LogP contribution in [0.15, 0.2) is 18.2 Å². The van der Waals surface area contributed by atoms with Gasteiger partial charge in [0.05, 0.1) is 0 Å². The molecule has 0 saturated carbocycles. The highest BCUT2D eigenvalue weighted by Crippen LogP contribution is 2.31. The third kappa shape index (κ3) is 1.20. The van der Waals surface area contributed by atoms with Gasteiger partial charge in [-0.2, -0.15) is 0 Å². The summed E-state index contributed by atoms with van der Waals surface area (Å²) < 4.78 is 0. The van der Waals surface area contributed by atoms with Crippen molar-refractivity contribution in [2.45, 2.75) is 32.1 Å². The fourth-order valence-electron chi connectivity index (χ4n) is 2.05. The highest BCUT2D eigenvalue weighted by atomic mass is 14.5. The van der Waals surface area contributed by atoms with E-state index >= 15 is 0 Å². The van der Waals surface area contributed by atoms with Crippen LogP contribution in [0.2, 0.25) is 0 Å². The van der Waals surface area contributed by atoms with Crippen LogP contribution in [0.25, 0.3) is 0 Å². The molecule has 1 atom stereocenters. The molecule has 0 bridgehead atoms. The molecule has 64 valence electrons. The van der Waals surface area contributed by atoms with Crippen LogP contribution < -0.4 is 5.73 Å². The van der Waals surface area contributed by atoms with E-state index in [1.54, 1.807) is 0 Å². The Labute approximate surface area is 73.6 Å². The van der Waals surface area contributed by atoms with Crippen molar-refractivity contribution in [3.63, 3.8) is 0 Å². The predicted molar refractivity (Wildman–Crippen MR) is 52.2 cm³/mol. The number of hydrogen-bond acceptors (Lipinski definition) is 1. The molecule has 2 rings (SSSR count). The number of fused-ring (bicyclic) bond motifs is 1. The van der Waals surface area contributed by atoms with Gasteiger partial charge in [0.2, 0.25) is 0 Å². The van der Waals surface area contributed by atoms with E-state index in [4.69, 9.17) is 5.73 Å². The summed E-state index contributed by atoms with van der Waals surface area (Å²) in [6, 6.07) is 6.33. The number of nitrogens with two attached hydrogens (primary N) is 1. The fraction of sp³-hybridized carbons (Fsp3) is 0.455. The number of aryl methyl sites for hydroxylation is 1. The van der Waals surface area contributed by atoms with Gasteiger partial charge in [0.1, 0.15) is 0 Å². The largest absolute Gasteiger partial charge is 0.399 e. The fourth-order valence-corrected chi connectivity index (χ4v) is 2.05. The average Bonchev–Trinajstić information content (AvgIpc) is 2.07. The minimum atomic E-state index is 0.706. The zero-order valence-electron chi connectivity index (χ0n) is 7.51. The van der Waals surface area contributed by atoms with Crippen molar-refractivity contribution < 1.29 is 0 Å². The maximum atomic E-state index is 5.74. The molecule has 1 aromatic rings. The van der Waals surface area contributed by atoms with Gasteiger partial charge in [-0.25, -0.2) is 0 Å². The molecule has 0 fully saturated rings. The molecule has 1 aliphatic rings. The predicted octanol–water partition coefficient (Wildman–Crippen LogP) is 2.71. The molecule has 1 unspecified atom stereocenters. The summed E-state index contributed by atoms with van der Waals surface area (Å²) in [5, 5.41) is 0. The molecular weight excluding hydrogens is 146 g/mol. The maximum absolute atomic E-state index is 5.74. The van der Waals surface area contributed by atoms with Crippen LogP contribution in [0.3, 0.4) is 0 Å². The van der Waals surface area contributed by atoms with Crippen molar-refractivity contribution in [1.29, 1.82) is 0 Å². The van der Waals surface area contributed by atoms with Gasteiger partial charge in [-0.3, -0.25) is 0 Å². The van der Waals surface area contributed by atoms with Crippen LogP contribution in [0.5, 0.6) is 0 Å². The van der Waals surface area contributed by atoms with Crippen LogP contribution >= 0.6 is 0 Å². The number of hydrogen-bond donors (Lipinski definition) is 1. The zero-order chi connectivity index (χ0) is 8.55. The van der Waals surface area contributed by atoms with Crippen LogP contribution in [0.4, 0.5) is 5.69 Å². The molecule has 0 aromatic heterocycles. The average molecular weight is 161 g/mol. The van der Waals surface area contributed by atoms with E-state index in [2.05, 4.69) is 19.1 Å². The summed E-state index contributed by atoms with van der Waals surface area (Å²) in [6.45, 7) is 2.29. The minimum absolute atomic E-state index is 0.706. The summed E-state index contributed by atoms with van der Waals surface area (Å²) >= 11 is 0. The molecule has 12 heavy (non-hydrogen) atoms. The molecule has 0 amide bonds. The Morgan fingerprint density at radius 1 is 1.42 bits per heavy atom. The van der Waals surface area contributed by atoms with Crippen LogP contribution in [-0.4, -0.2) is 0 Å². The second kappa shape index (κ2) is 2.81. The van der Waals surface area contributed by atoms with E-state index in [1.807, 2.05) is 6.07 Å². The third-order valence-corrected chi connectivity index (χ3v) is 2.78. The molecule has 0 radical (unpaired) electrons. The summed E-state index contributed by atoms with van der Waals surface area (Å²) in [6.07, 6.45) is 3.88. The Kier molecular flexibility index (Phi) is 1.80. The lowest BCUT2D eigenvalue weighted by Gasteiger charge is -2.22. The Morgan fingerprint density at radius 2 is 2.25 bits per heavy atom. The standard InChI is InChI=1S/C11H15N/c1-8-3-2-4-9-5-6-10(12)7-11(8)9/h5-8H,2-4,12H2,1H3. The molecule has 0 aliphatic heterocycles. The monoisotopic (exact) mass is 161 g/mol. The van der Waals surface area contributed by atoms with Gasteiger partial charge < -0.3 is 5.73 Å². The lowest BCUT2D eigenvalue weighted by Crippen LogP contribution is -2.07. The van der Waals surface area contributed by atoms with Crippen LogP contribution in [0, 0.1) is 0 Å². The summed E-state index contributed by atoms with van der Waals surface area (Å²) in [5.74, 6) is 0.706. The first-order valence-corrected chi connectivity index (χ1v) is 4.65. The first kappa shape index (κ1) is 7.66. The third-order valence-electron chi connectivity index (χ3n) is 2.78. The minimum Gasteiger partial charge on any atom is -0.399 e. The van der Waals surface area contributed by atoms with E-state index in [0.29, 0.717) is 5.92 Å². The first-order chi connectivity index (χ1) is 5.77. The SMILES string of the molecule is CC1CCCc2ccc(N)cc21. The Hall–Kier alpha value is -0.980. The zero-order valence-corrected chi connectivity index (χ0v) is 7.51. The van der Waals surface area contributed by atoms with Gasteiger partial charge in [0, 0.05) is 5.69 Å². The number of benzene rings is 1. The van der Waals surface area contributed by atoms with E-state index in [0.717, 1.165) is 5.69 Å². The van der Waals surface area contributed by atoms with Gasteiger partial charge in [-0.15, -0.1) is 0 Å². The van der Waals surface area contributed by atoms with Crippen molar-refractivity contribution in [1.82, 2.24) is 0 Å². The molecular formula is C11H15N. The smallest absolute Gasteiger partial charge is 0.0317 e. The highest BCUT2D eigenvalue weighted by molar-refractivity contribution is 5.46. The molecule has 0 saturated heterocycles. The molecule has 2 N–H and O–H groups in total. The second-order valence-corrected chi connectivity index (χ2v) is 3.75. The molecule has 0 heterocycles. The molecule has 1 heteroatoms. The number of anilines is 1. The molecule has 1 nitrogen and oxygen atoms in total. The van der Waals surface area contributed by atoms with E-state index < -0.39 is 0 Å². The Bertz CT molecular complexity index is 291. The van der Waals surface area contributed by atoms with Gasteiger partial charge in [0.15, 0.2) is 0 Å². The van der Waals surface area contributed by atoms with E-state index in [1.165, 1.54) is 30.4 Å². The number of rotatable bonds is 0. The first-order valence-electron chi connectivity index (χ1n) is 4.65. The molecule has 1 aliphatic carbocycles. The summed E-state index contributed by atoms with van der Waals surface area (Å²) in [7, 11) is 0. The summed E-state index contributed by atoms with van der Waals surface area (Å²) in [4.78, 5) is 0. The van der Waals surface area contributed by atoms with Crippen molar-refractivity contribution >= 4 is 5.69 Å². The highest BCUT2D eigenvalue weighted by Gasteiger charge is 2.15. The Balaban J connectivity index is 2.47. The van der Waals surface area contributed by atoms with Gasteiger partial charge >= 0.3 is 0 Å². The van der Waals surface area contributed by atoms with Crippen molar-refractivity contribution in [3.05, 3.63) is 29.3 Å². The topological polar surface area (TPSA) is 26.0 Å². The quantitative estimate of drug-likeness (QED) is 0.582. The Morgan fingerprint density at radius 3 is 3.08 bits per heavy atom. The van der Waals surface area contributed by atoms with Crippen molar-refractivity contribution in [2.24, 2.45) is 0 Å². The van der Waals surface area contributed by atoms with Gasteiger partial charge in [-0.05, 0) is 48.4 Å². The normalized spacial score (nSPS) is 21.9.